The first-order valence-corrected chi connectivity index (χ1v) is 27.5. The van der Waals surface area contributed by atoms with Crippen molar-refractivity contribution < 1.29 is 70.5 Å². The third-order valence-corrected chi connectivity index (χ3v) is 14.4. The zero-order chi connectivity index (χ0) is 55.0. The van der Waals surface area contributed by atoms with E-state index < -0.39 is 21.5 Å². The molecule has 0 amide bonds. The van der Waals surface area contributed by atoms with E-state index in [4.69, 9.17) is 38.0 Å². The Bertz CT molecular complexity index is 2950. The standard InChI is InChI=1S/C59H73N3O14S/c1-43-42-58(2,3)61(26-27-70-30-31-72-34-35-74-37-36-73-33-32-71-29-28-69-6)51-41-53-48(40-47(43)51)45(38-52(75-53)44-16-10-7-11-17-44)18-12-8-13-19-54-59(4,5)49-39-46(77(66,67)68)21-22-50(49)60(54)25-15-9-14-20-57(65)76-62-55(63)23-24-56(62)64/h7-8,10-13,16-19,21-24,38-42H,9,14-15,20,25-37H2,1-6H3,(H2-,63,64,66,67,68)/p+1. The van der Waals surface area contributed by atoms with Crippen LogP contribution in [0.3, 0.4) is 0 Å². The third kappa shape index (κ3) is 15.4. The van der Waals surface area contributed by atoms with Gasteiger partial charge in [0.15, 0.2) is 5.71 Å². The summed E-state index contributed by atoms with van der Waals surface area (Å²) >= 11 is 0. The molecule has 0 radical (unpaired) electrons. The molecule has 3 aromatic carbocycles. The topological polar surface area (TPSA) is 197 Å². The Morgan fingerprint density at radius 3 is 2.01 bits per heavy atom. The maximum absolute atomic E-state index is 12.5. The molecule has 3 aliphatic heterocycles. The van der Waals surface area contributed by atoms with Crippen LogP contribution in [0.1, 0.15) is 82.6 Å². The van der Waals surface area contributed by atoms with Gasteiger partial charge in [0.05, 0.1) is 88.5 Å². The van der Waals surface area contributed by atoms with E-state index >= 15 is 0 Å². The molecular formula is C59H74N3O14S+. The largest absolute Gasteiger partial charge is 0.492 e. The minimum absolute atomic E-state index is 0.0683. The maximum atomic E-state index is 12.5. The van der Waals surface area contributed by atoms with Crippen LogP contribution in [-0.2, 0) is 48.7 Å². The number of hydrogen-bond acceptors (Lipinski definition) is 14. The first-order valence-electron chi connectivity index (χ1n) is 26.1. The van der Waals surface area contributed by atoms with Crippen LogP contribution in [-0.4, -0.2) is 143 Å². The zero-order valence-electron chi connectivity index (χ0n) is 45.1. The first kappa shape index (κ1) is 58.3. The molecule has 3 N–H and O–H groups in total. The number of carbonyl (C=O) groups excluding carboxylic acids is 1. The molecule has 7 rings (SSSR count). The summed E-state index contributed by atoms with van der Waals surface area (Å²) in [5.74, 6) is 0.0899. The van der Waals surface area contributed by atoms with Crippen LogP contribution in [0.2, 0.25) is 0 Å². The predicted molar refractivity (Wildman–Crippen MR) is 296 cm³/mol. The van der Waals surface area contributed by atoms with Gasteiger partial charge in [-0.2, -0.15) is 13.0 Å². The Morgan fingerprint density at radius 2 is 1.38 bits per heavy atom. The predicted octanol–water partition coefficient (Wildman–Crippen LogP) is 9.10. The Hall–Kier alpha value is -6.35. The molecule has 77 heavy (non-hydrogen) atoms. The van der Waals surface area contributed by atoms with Crippen LogP contribution < -0.4 is 14.5 Å². The van der Waals surface area contributed by atoms with E-state index in [1.54, 1.807) is 13.2 Å². The van der Waals surface area contributed by atoms with Crippen LogP contribution in [0.5, 0.6) is 17.5 Å². The summed E-state index contributed by atoms with van der Waals surface area (Å²) in [4.78, 5) is 19.8. The third-order valence-electron chi connectivity index (χ3n) is 13.5. The van der Waals surface area contributed by atoms with E-state index in [1.165, 1.54) is 24.3 Å². The number of benzene rings is 3. The summed E-state index contributed by atoms with van der Waals surface area (Å²) in [7, 11) is -2.81. The minimum Gasteiger partial charge on any atom is -0.492 e. The molecule has 1 aromatic heterocycles. The van der Waals surface area contributed by atoms with E-state index in [-0.39, 0.29) is 28.6 Å². The van der Waals surface area contributed by atoms with Crippen molar-refractivity contribution in [1.29, 1.82) is 0 Å². The van der Waals surface area contributed by atoms with Gasteiger partial charge in [-0.25, -0.2) is 4.79 Å². The lowest BCUT2D eigenvalue weighted by Gasteiger charge is -2.44. The van der Waals surface area contributed by atoms with Gasteiger partial charge in [0.25, 0.3) is 10.1 Å². The number of fused-ring (bicyclic) bond motifs is 3. The molecule has 4 aromatic rings. The van der Waals surface area contributed by atoms with Crippen LogP contribution in [0, 0.1) is 0 Å². The molecule has 414 valence electrons. The van der Waals surface area contributed by atoms with Crippen molar-refractivity contribution in [2.45, 2.75) is 76.2 Å². The van der Waals surface area contributed by atoms with Crippen molar-refractivity contribution in [1.82, 2.24) is 4.73 Å². The number of rotatable bonds is 30. The summed E-state index contributed by atoms with van der Waals surface area (Å²) in [6.45, 7) is 17.3. The summed E-state index contributed by atoms with van der Waals surface area (Å²) in [6.07, 6.45) is 16.3. The molecule has 17 nitrogen and oxygen atoms in total. The summed E-state index contributed by atoms with van der Waals surface area (Å²) in [5.41, 5.74) is 7.76. The van der Waals surface area contributed by atoms with E-state index in [0.29, 0.717) is 110 Å². The highest BCUT2D eigenvalue weighted by Crippen LogP contribution is 2.47. The van der Waals surface area contributed by atoms with E-state index in [9.17, 15) is 28.0 Å². The first-order chi connectivity index (χ1) is 37.0. The molecular weight excluding hydrogens is 1010 g/mol. The number of aromatic hydroxyl groups is 2. The van der Waals surface area contributed by atoms with Crippen molar-refractivity contribution in [2.24, 2.45) is 0 Å². The number of methoxy groups -OCH3 is 1. The van der Waals surface area contributed by atoms with Crippen molar-refractivity contribution in [3.8, 4) is 17.5 Å². The number of allylic oxidation sites excluding steroid dienone is 8. The molecule has 18 heteroatoms. The van der Waals surface area contributed by atoms with Crippen molar-refractivity contribution in [3.63, 3.8) is 0 Å². The van der Waals surface area contributed by atoms with Gasteiger partial charge in [0.2, 0.25) is 17.4 Å². The molecule has 0 saturated heterocycles. The Labute approximate surface area is 452 Å². The second-order valence-corrected chi connectivity index (χ2v) is 21.3. The molecule has 0 unspecified atom stereocenters. The summed E-state index contributed by atoms with van der Waals surface area (Å²) in [6, 6.07) is 21.5. The number of hydrogen-bond donors (Lipinski definition) is 3. The zero-order valence-corrected chi connectivity index (χ0v) is 45.9. The molecule has 3 aliphatic rings. The Morgan fingerprint density at radius 1 is 0.740 bits per heavy atom. The summed E-state index contributed by atoms with van der Waals surface area (Å²) in [5, 5.41) is 19.7. The van der Waals surface area contributed by atoms with Crippen LogP contribution >= 0.6 is 0 Å². The van der Waals surface area contributed by atoms with Gasteiger partial charge in [0.1, 0.15) is 18.1 Å². The van der Waals surface area contributed by atoms with Gasteiger partial charge >= 0.3 is 5.97 Å². The number of unbranched alkanes of at least 4 members (excludes halogenated alkanes) is 2. The van der Waals surface area contributed by atoms with Crippen LogP contribution in [0.4, 0.5) is 11.4 Å². The molecule has 0 spiro atoms. The lowest BCUT2D eigenvalue weighted by molar-refractivity contribution is -0.438. The number of nitrogens with zero attached hydrogens (tertiary/aromatic N) is 3. The number of ether oxygens (including phenoxy) is 7. The van der Waals surface area contributed by atoms with Crippen molar-refractivity contribution >= 4 is 50.1 Å². The van der Waals surface area contributed by atoms with Gasteiger partial charge in [-0.15, -0.1) is 4.73 Å². The van der Waals surface area contributed by atoms with E-state index in [0.717, 1.165) is 62.0 Å². The Balaban J connectivity index is 1.02. The van der Waals surface area contributed by atoms with Gasteiger partial charge in [-0.1, -0.05) is 60.7 Å². The average molecular weight is 1080 g/mol. The minimum atomic E-state index is -4.45. The van der Waals surface area contributed by atoms with Gasteiger partial charge < -0.3 is 53.1 Å². The summed E-state index contributed by atoms with van der Waals surface area (Å²) < 4.78 is 77.4. The fourth-order valence-corrected chi connectivity index (χ4v) is 10.1. The number of aromatic nitrogens is 1. The van der Waals surface area contributed by atoms with Crippen LogP contribution in [0.25, 0.3) is 16.9 Å². The molecule has 0 bridgehead atoms. The fraction of sp³-hybridized carbons (Fsp3) is 0.424. The maximum Gasteiger partial charge on any atom is 0.333 e. The lowest BCUT2D eigenvalue weighted by atomic mass is 9.81. The second kappa shape index (κ2) is 27.3. The highest BCUT2D eigenvalue weighted by molar-refractivity contribution is 7.85. The van der Waals surface area contributed by atoms with Gasteiger partial charge in [0, 0.05) is 84.8 Å². The smallest absolute Gasteiger partial charge is 0.333 e. The number of anilines is 1. The monoisotopic (exact) mass is 1080 g/mol. The van der Waals surface area contributed by atoms with Gasteiger partial charge in [-0.05, 0) is 82.9 Å². The van der Waals surface area contributed by atoms with Crippen molar-refractivity contribution in [3.05, 3.63) is 138 Å². The SMILES string of the molecule is COCCOCCOCCOCCOCCOCCN1c2cc3c(cc2C(C)=CC1(C)C)C(=CC=CC=CC1=[N+](CCCCCC(=O)On2c(O)ccc2O)c2ccc(S(=O)(=O)O)cc2C1(C)C)C=C(c1ccccc1)O3. The lowest BCUT2D eigenvalue weighted by Crippen LogP contribution is -2.46. The van der Waals surface area contributed by atoms with E-state index in [2.05, 4.69) is 60.6 Å². The van der Waals surface area contributed by atoms with Gasteiger partial charge in [-0.3, -0.25) is 4.55 Å². The number of carbonyl (C=O) groups is 1. The molecule has 0 fully saturated rings. The second-order valence-electron chi connectivity index (χ2n) is 19.8. The average Bonchev–Trinajstić information content (AvgIpc) is 4.02. The molecule has 0 saturated carbocycles. The molecule has 0 atom stereocenters. The van der Waals surface area contributed by atoms with Crippen LogP contribution in [0.15, 0.2) is 120 Å². The van der Waals surface area contributed by atoms with Crippen molar-refractivity contribution in [2.75, 3.05) is 97.8 Å². The van der Waals surface area contributed by atoms with E-state index in [1.807, 2.05) is 68.5 Å². The highest BCUT2D eigenvalue weighted by atomic mass is 32.2. The normalized spacial score (nSPS) is 16.2. The fourth-order valence-electron chi connectivity index (χ4n) is 9.64. The quantitative estimate of drug-likeness (QED) is 0.0193. The highest BCUT2D eigenvalue weighted by Gasteiger charge is 2.45. The molecule has 4 heterocycles. The molecule has 0 aliphatic carbocycles. The Kier molecular flexibility index (Phi) is 20.7.